The third kappa shape index (κ3) is 22.1. The van der Waals surface area contributed by atoms with Gasteiger partial charge in [-0.05, 0) is 223 Å². The fourth-order valence-corrected chi connectivity index (χ4v) is 14.8. The molecule has 0 aliphatic rings. The van der Waals surface area contributed by atoms with E-state index in [9.17, 15) is 0 Å². The minimum atomic E-state index is 0.967. The number of benzene rings is 16. The molecule has 16 rings (SSSR count). The van der Waals surface area contributed by atoms with Gasteiger partial charge in [0.1, 0.15) is 0 Å². The van der Waals surface area contributed by atoms with E-state index in [0.29, 0.717) is 0 Å². The summed E-state index contributed by atoms with van der Waals surface area (Å²) in [5.74, 6) is 0. The summed E-state index contributed by atoms with van der Waals surface area (Å²) >= 11 is 0. The minimum absolute atomic E-state index is 0.967. The van der Waals surface area contributed by atoms with Gasteiger partial charge in [0.25, 0.3) is 0 Å². The number of nitrogens with zero attached hydrogens (tertiary/aromatic N) is 8. The van der Waals surface area contributed by atoms with Crippen LogP contribution in [0.15, 0.2) is 194 Å². The summed E-state index contributed by atoms with van der Waals surface area (Å²) in [5.41, 5.74) is 10.7. The summed E-state index contributed by atoms with van der Waals surface area (Å²) in [5, 5.41) is 32.6. The lowest BCUT2D eigenvalue weighted by atomic mass is 9.89. The summed E-state index contributed by atoms with van der Waals surface area (Å²) in [7, 11) is 33.9. The lowest BCUT2D eigenvalue weighted by Gasteiger charge is -2.24. The zero-order valence-electron chi connectivity index (χ0n) is 76.9. The maximum absolute atomic E-state index is 2.40. The van der Waals surface area contributed by atoms with Crippen LogP contribution in [0.4, 0.5) is 22.7 Å². The molecule has 0 saturated carbocycles. The largest absolute Gasteiger partial charge is 0.378 e. The predicted molar refractivity (Wildman–Crippen MR) is 521 cm³/mol. The van der Waals surface area contributed by atoms with Crippen molar-refractivity contribution in [3.05, 3.63) is 216 Å². The fraction of sp³-hybridized carbons (Fsp3) is 0.385. The molecule has 0 N–H and O–H groups in total. The molecule has 0 atom stereocenters. The van der Waals surface area contributed by atoms with Crippen molar-refractivity contribution in [2.24, 2.45) is 0 Å². The number of hydrogen-bond acceptors (Lipinski definition) is 8. The molecule has 0 aliphatic heterocycles. The highest BCUT2D eigenvalue weighted by Crippen LogP contribution is 2.45. The van der Waals surface area contributed by atoms with E-state index in [1.807, 2.05) is 138 Å². The van der Waals surface area contributed by atoms with E-state index in [-0.39, 0.29) is 0 Å². The first kappa shape index (κ1) is 96.9. The molecule has 604 valence electrons. The Kier molecular flexibility index (Phi) is 41.5. The van der Waals surface area contributed by atoms with Gasteiger partial charge in [-0.1, -0.05) is 296 Å². The van der Waals surface area contributed by atoms with Crippen LogP contribution in [0.2, 0.25) is 0 Å². The Morgan fingerprint density at radius 3 is 0.777 bits per heavy atom. The maximum atomic E-state index is 2.40. The van der Waals surface area contributed by atoms with Crippen LogP contribution in [-0.4, -0.2) is 132 Å². The van der Waals surface area contributed by atoms with E-state index in [1.165, 1.54) is 174 Å². The molecule has 0 spiro atoms. The summed E-state index contributed by atoms with van der Waals surface area (Å²) in [4.78, 5) is 17.7. The Balaban J connectivity index is 0.000000359. The van der Waals surface area contributed by atoms with E-state index in [4.69, 9.17) is 0 Å². The second kappa shape index (κ2) is 47.9. The lowest BCUT2D eigenvalue weighted by molar-refractivity contribution is 0.398. The average Bonchev–Trinajstić information content (AvgIpc) is 0.739. The van der Waals surface area contributed by atoms with Gasteiger partial charge >= 0.3 is 0 Å². The molecule has 8 nitrogen and oxygen atoms in total. The summed E-state index contributed by atoms with van der Waals surface area (Å²) in [6.45, 7) is 43.9. The molecule has 0 heterocycles. The third-order valence-electron chi connectivity index (χ3n) is 18.6. The Morgan fingerprint density at radius 1 is 0.179 bits per heavy atom. The van der Waals surface area contributed by atoms with Crippen molar-refractivity contribution in [3.8, 4) is 0 Å². The van der Waals surface area contributed by atoms with Crippen molar-refractivity contribution in [2.45, 2.75) is 165 Å². The van der Waals surface area contributed by atoms with Crippen molar-refractivity contribution in [1.29, 1.82) is 0 Å². The molecular weight excluding hydrogens is 1360 g/mol. The first-order valence-electron chi connectivity index (χ1n) is 42.3. The molecular formula is C104H148N8. The van der Waals surface area contributed by atoms with Gasteiger partial charge in [-0.25, -0.2) is 0 Å². The van der Waals surface area contributed by atoms with E-state index >= 15 is 0 Å². The van der Waals surface area contributed by atoms with Crippen molar-refractivity contribution in [1.82, 2.24) is 19.6 Å². The van der Waals surface area contributed by atoms with Gasteiger partial charge in [0, 0.05) is 127 Å². The molecule has 0 radical (unpaired) electrons. The normalized spacial score (nSPS) is 10.4. The monoisotopic (exact) mass is 1510 g/mol. The Hall–Kier alpha value is -9.28. The van der Waals surface area contributed by atoms with Gasteiger partial charge in [-0.2, -0.15) is 0 Å². The van der Waals surface area contributed by atoms with Crippen molar-refractivity contribution in [2.75, 3.05) is 132 Å². The maximum Gasteiger partial charge on any atom is 0.0462 e. The molecule has 0 fully saturated rings. The minimum Gasteiger partial charge on any atom is -0.378 e. The molecule has 0 unspecified atom stereocenters. The van der Waals surface area contributed by atoms with Crippen molar-refractivity contribution in [3.63, 3.8) is 0 Å². The van der Waals surface area contributed by atoms with Crippen LogP contribution >= 0.6 is 0 Å². The van der Waals surface area contributed by atoms with Crippen LogP contribution in [-0.2, 0) is 26.2 Å². The quantitative estimate of drug-likeness (QED) is 0.112. The molecule has 16 aromatic rings. The van der Waals surface area contributed by atoms with E-state index in [1.54, 1.807) is 0 Å². The topological polar surface area (TPSA) is 25.9 Å². The summed E-state index contributed by atoms with van der Waals surface area (Å²) in [6.07, 6.45) is 0. The predicted octanol–water partition coefficient (Wildman–Crippen LogP) is 29.1. The third-order valence-corrected chi connectivity index (χ3v) is 18.6. The first-order valence-corrected chi connectivity index (χ1v) is 42.3. The summed E-state index contributed by atoms with van der Waals surface area (Å²) < 4.78 is 0. The smallest absolute Gasteiger partial charge is 0.0462 e. The standard InChI is InChI=1S/2C22H24N2.2C20H20N2.10C2H6/c1-23(2)13-15-11-17-7-5-16-6-8-19(14-24(3)4)20-10-9-18(12-15)21(17)22(16)20;1-23(2)13-17-12-18(14-24(3)4)20-11-9-16-7-5-6-15-8-10-19(17)22(20)21(15)16;1-21(2)16-11-14-6-5-13-8-10-18(22(3)4)17-9-7-15(12-16)19(14)20(13)17;1-21(2)17-12-18(22(3)4)16-11-9-14-7-5-6-13-8-10-15(17)20(16)19(13)14;10*1-2/h2*5-12H,13-14H2,1-4H3;2*5-12H,1-4H3;10*1-2H3. The highest BCUT2D eigenvalue weighted by atomic mass is 15.1. The molecule has 112 heavy (non-hydrogen) atoms. The van der Waals surface area contributed by atoms with Crippen LogP contribution in [0.1, 0.15) is 161 Å². The number of anilines is 4. The van der Waals surface area contributed by atoms with Crippen molar-refractivity contribution >= 4 is 152 Å². The number of rotatable bonds is 12. The molecule has 16 aromatic carbocycles. The van der Waals surface area contributed by atoms with Gasteiger partial charge in [0.15, 0.2) is 0 Å². The van der Waals surface area contributed by atoms with Crippen molar-refractivity contribution < 1.29 is 0 Å². The molecule has 0 amide bonds. The lowest BCUT2D eigenvalue weighted by Crippen LogP contribution is -2.14. The van der Waals surface area contributed by atoms with Crippen LogP contribution in [0.25, 0.3) is 129 Å². The van der Waals surface area contributed by atoms with Crippen LogP contribution in [0.5, 0.6) is 0 Å². The van der Waals surface area contributed by atoms with Crippen LogP contribution in [0.3, 0.4) is 0 Å². The van der Waals surface area contributed by atoms with E-state index in [2.05, 4.69) is 346 Å². The second-order valence-electron chi connectivity index (χ2n) is 27.5. The van der Waals surface area contributed by atoms with E-state index in [0.717, 1.165) is 26.2 Å². The van der Waals surface area contributed by atoms with Gasteiger partial charge in [0.05, 0.1) is 0 Å². The second-order valence-corrected chi connectivity index (χ2v) is 27.5. The highest BCUT2D eigenvalue weighted by molar-refractivity contribution is 6.29. The highest BCUT2D eigenvalue weighted by Gasteiger charge is 2.20. The average molecular weight is 1510 g/mol. The first-order chi connectivity index (χ1) is 54.2. The molecule has 0 aliphatic carbocycles. The SMILES string of the molecule is CC.CC.CC.CC.CC.CC.CC.CC.CC.CC.CN(C)Cc1cc(CN(C)C)c2ccc3cccc4ccc1c2c43.CN(C)Cc1cc2ccc3ccc(CN(C)C)c4ccc(c1)c2c34.CN(C)c1cc(N(C)C)c2ccc3cccc4ccc1c2c43.CN(C)c1cc2ccc3ccc(N(C)C)c4ccc(c1)c2c34. The Bertz CT molecular complexity index is 5140. The van der Waals surface area contributed by atoms with Gasteiger partial charge in [-0.3, -0.25) is 0 Å². The Labute approximate surface area is 680 Å². The molecule has 8 heteroatoms. The van der Waals surface area contributed by atoms with E-state index < -0.39 is 0 Å². The summed E-state index contributed by atoms with van der Waals surface area (Å²) in [6, 6.07) is 72.4. The van der Waals surface area contributed by atoms with Gasteiger partial charge in [-0.15, -0.1) is 0 Å². The zero-order chi connectivity index (χ0) is 84.5. The van der Waals surface area contributed by atoms with Crippen LogP contribution < -0.4 is 19.6 Å². The zero-order valence-corrected chi connectivity index (χ0v) is 76.9. The van der Waals surface area contributed by atoms with Crippen LogP contribution in [0, 0.1) is 0 Å². The van der Waals surface area contributed by atoms with Gasteiger partial charge in [0.2, 0.25) is 0 Å². The Morgan fingerprint density at radius 2 is 0.429 bits per heavy atom. The molecule has 0 bridgehead atoms. The molecule has 0 aromatic heterocycles. The fourth-order valence-electron chi connectivity index (χ4n) is 14.8. The number of hydrogen-bond donors (Lipinski definition) is 0. The molecule has 0 saturated heterocycles. The van der Waals surface area contributed by atoms with Gasteiger partial charge < -0.3 is 39.2 Å².